The second-order valence-corrected chi connectivity index (χ2v) is 12.4. The number of hydrogen-bond acceptors (Lipinski definition) is 1. The van der Waals surface area contributed by atoms with E-state index in [1.165, 1.54) is 29.9 Å². The fraction of sp³-hybridized carbons (Fsp3) is 0.625. The standard InChI is InChI=1S/C11H16N.C5H10.Ga/c1-4-12(5-2)11-9-7-6-8-10(11)3;1-3-5-4-2;/h6-9H,3-5H2,1-2H3;1-5H2;. The third kappa shape index (κ3) is 3.58. The predicted molar refractivity (Wildman–Crippen MR) is 82.9 cm³/mol. The van der Waals surface area contributed by atoms with Crippen LogP contribution in [0, 0.1) is 0 Å². The van der Waals surface area contributed by atoms with Crippen LogP contribution in [0.3, 0.4) is 0 Å². The molecule has 0 aromatic heterocycles. The number of benzene rings is 1. The molecule has 0 bridgehead atoms. The van der Waals surface area contributed by atoms with E-state index in [1.54, 1.807) is 15.5 Å². The Bertz CT molecular complexity index is 354. The van der Waals surface area contributed by atoms with Crippen molar-refractivity contribution in [2.75, 3.05) is 18.0 Å². The van der Waals surface area contributed by atoms with Crippen molar-refractivity contribution in [3.8, 4) is 0 Å². The van der Waals surface area contributed by atoms with Gasteiger partial charge in [-0.2, -0.15) is 0 Å². The Morgan fingerprint density at radius 2 is 1.67 bits per heavy atom. The van der Waals surface area contributed by atoms with Crippen LogP contribution in [0.15, 0.2) is 24.3 Å². The molecule has 1 aromatic rings. The van der Waals surface area contributed by atoms with Crippen molar-refractivity contribution in [2.45, 2.75) is 48.0 Å². The Balaban J connectivity index is 2.10. The molecule has 1 aromatic carbocycles. The Morgan fingerprint density at radius 3 is 2.33 bits per heavy atom. The van der Waals surface area contributed by atoms with Crippen molar-refractivity contribution >= 4 is 21.9 Å². The molecule has 2 heteroatoms. The van der Waals surface area contributed by atoms with Crippen LogP contribution in [0.25, 0.3) is 0 Å². The van der Waals surface area contributed by atoms with E-state index in [0.29, 0.717) is 0 Å². The van der Waals surface area contributed by atoms with Crippen molar-refractivity contribution in [1.82, 2.24) is 0 Å². The Morgan fingerprint density at radius 1 is 1.00 bits per heavy atom. The van der Waals surface area contributed by atoms with Crippen LogP contribution in [0.5, 0.6) is 0 Å². The third-order valence-electron chi connectivity index (χ3n) is 4.33. The number of anilines is 1. The summed E-state index contributed by atoms with van der Waals surface area (Å²) in [4.78, 5) is 7.24. The summed E-state index contributed by atoms with van der Waals surface area (Å²) in [5.41, 5.74) is 3.16. The van der Waals surface area contributed by atoms with Gasteiger partial charge in [-0.25, -0.2) is 0 Å². The Labute approximate surface area is 118 Å². The van der Waals surface area contributed by atoms with Crippen molar-refractivity contribution < 1.29 is 0 Å². The summed E-state index contributed by atoms with van der Waals surface area (Å²) < 4.78 is 0. The van der Waals surface area contributed by atoms with E-state index >= 15 is 0 Å². The molecule has 1 nitrogen and oxygen atoms in total. The first-order chi connectivity index (χ1) is 8.85. The minimum absolute atomic E-state index is 0.960. The second-order valence-electron chi connectivity index (χ2n) is 5.51. The average Bonchev–Trinajstić information content (AvgIpc) is 2.43. The van der Waals surface area contributed by atoms with Crippen LogP contribution in [0.2, 0.25) is 9.95 Å². The molecule has 0 saturated carbocycles. The van der Waals surface area contributed by atoms with Gasteiger partial charge in [0.25, 0.3) is 0 Å². The summed E-state index contributed by atoms with van der Waals surface area (Å²) in [5.74, 6) is 0. The van der Waals surface area contributed by atoms with Gasteiger partial charge in [-0.15, -0.1) is 0 Å². The van der Waals surface area contributed by atoms with Crippen molar-refractivity contribution in [1.29, 1.82) is 0 Å². The van der Waals surface area contributed by atoms with Crippen LogP contribution in [-0.4, -0.2) is 29.3 Å². The van der Waals surface area contributed by atoms with Gasteiger partial charge < -0.3 is 0 Å². The summed E-state index contributed by atoms with van der Waals surface area (Å²) in [6, 6.07) is 9.14. The van der Waals surface area contributed by atoms with E-state index in [0.717, 1.165) is 13.1 Å². The van der Waals surface area contributed by atoms with Gasteiger partial charge in [-0.1, -0.05) is 0 Å². The average molecular weight is 302 g/mol. The zero-order chi connectivity index (χ0) is 12.8. The molecule has 1 aliphatic rings. The SMILES string of the molecule is CCN(CC)c1ccccc1[CH2][Ga]1[CH2]CCC[CH2]1. The monoisotopic (exact) mass is 301 g/mol. The van der Waals surface area contributed by atoms with Crippen LogP contribution in [-0.2, 0) is 4.98 Å². The normalized spacial score (nSPS) is 15.8. The molecule has 0 spiro atoms. The van der Waals surface area contributed by atoms with E-state index < -0.39 is 16.2 Å². The third-order valence-corrected chi connectivity index (χ3v) is 11.6. The first kappa shape index (κ1) is 14.1. The molecular formula is C16H26GaN. The molecule has 0 unspecified atom stereocenters. The first-order valence-corrected chi connectivity index (χ1v) is 12.8. The Hall–Kier alpha value is -0.344. The van der Waals surface area contributed by atoms with Crippen molar-refractivity contribution in [2.24, 2.45) is 0 Å². The van der Waals surface area contributed by atoms with Gasteiger partial charge in [0, 0.05) is 0 Å². The molecule has 1 aliphatic heterocycles. The molecule has 2 rings (SSSR count). The fourth-order valence-electron chi connectivity index (χ4n) is 3.26. The number of rotatable bonds is 5. The van der Waals surface area contributed by atoms with Gasteiger partial charge in [0.1, 0.15) is 0 Å². The van der Waals surface area contributed by atoms with Gasteiger partial charge in [0.15, 0.2) is 0 Å². The van der Waals surface area contributed by atoms with Crippen LogP contribution < -0.4 is 4.90 Å². The molecule has 18 heavy (non-hydrogen) atoms. The first-order valence-electron chi connectivity index (χ1n) is 7.68. The van der Waals surface area contributed by atoms with Gasteiger partial charge in [0.2, 0.25) is 0 Å². The molecule has 1 heterocycles. The number of hydrogen-bond donors (Lipinski definition) is 0. The summed E-state index contributed by atoms with van der Waals surface area (Å²) in [5, 5.41) is 0. The Kier molecular flexibility index (Phi) is 5.70. The molecule has 0 amide bonds. The topological polar surface area (TPSA) is 3.24 Å². The molecular weight excluding hydrogens is 276 g/mol. The molecule has 98 valence electrons. The van der Waals surface area contributed by atoms with E-state index in [-0.39, 0.29) is 0 Å². The summed E-state index contributed by atoms with van der Waals surface area (Å²) in [6.45, 7) is 6.79. The molecule has 0 N–H and O–H groups in total. The summed E-state index contributed by atoms with van der Waals surface area (Å²) in [6.07, 6.45) is 4.55. The predicted octanol–water partition coefficient (Wildman–Crippen LogP) is 4.29. The summed E-state index contributed by atoms with van der Waals surface area (Å²) in [7, 11) is 0. The van der Waals surface area contributed by atoms with Crippen molar-refractivity contribution in [3.05, 3.63) is 29.8 Å². The molecule has 0 radical (unpaired) electrons. The van der Waals surface area contributed by atoms with E-state index in [9.17, 15) is 0 Å². The van der Waals surface area contributed by atoms with Gasteiger partial charge in [0.05, 0.1) is 0 Å². The van der Waals surface area contributed by atoms with Crippen LogP contribution in [0.4, 0.5) is 5.69 Å². The number of nitrogens with zero attached hydrogens (tertiary/aromatic N) is 1. The zero-order valence-electron chi connectivity index (χ0n) is 12.0. The van der Waals surface area contributed by atoms with Gasteiger partial charge >= 0.3 is 118 Å². The molecule has 1 saturated heterocycles. The van der Waals surface area contributed by atoms with E-state index in [4.69, 9.17) is 0 Å². The maximum atomic E-state index is 2.51. The number of para-hydroxylation sites is 1. The van der Waals surface area contributed by atoms with E-state index in [2.05, 4.69) is 43.0 Å². The zero-order valence-corrected chi connectivity index (χ0v) is 14.4. The maximum absolute atomic E-state index is 2.51. The second kappa shape index (κ2) is 7.30. The molecule has 1 fully saturated rings. The summed E-state index contributed by atoms with van der Waals surface area (Å²) >= 11 is -0.960. The van der Waals surface area contributed by atoms with Crippen molar-refractivity contribution in [3.63, 3.8) is 0 Å². The fourth-order valence-corrected chi connectivity index (χ4v) is 10.4. The minimum atomic E-state index is -0.960. The van der Waals surface area contributed by atoms with Crippen LogP contribution >= 0.6 is 0 Å². The van der Waals surface area contributed by atoms with Gasteiger partial charge in [-0.3, -0.25) is 0 Å². The molecule has 0 aliphatic carbocycles. The van der Waals surface area contributed by atoms with Crippen LogP contribution in [0.1, 0.15) is 38.7 Å². The van der Waals surface area contributed by atoms with E-state index in [1.807, 2.05) is 0 Å². The quantitative estimate of drug-likeness (QED) is 0.733. The molecule has 0 atom stereocenters. The van der Waals surface area contributed by atoms with Gasteiger partial charge in [-0.05, 0) is 0 Å².